The summed E-state index contributed by atoms with van der Waals surface area (Å²) in [5.74, 6) is -0.482. The maximum atomic E-state index is 13.1. The Kier molecular flexibility index (Phi) is 7.67. The van der Waals surface area contributed by atoms with E-state index >= 15 is 0 Å². The summed E-state index contributed by atoms with van der Waals surface area (Å²) < 4.78 is 32.7. The second kappa shape index (κ2) is 10.9. The van der Waals surface area contributed by atoms with Crippen LogP contribution in [0.4, 0.5) is 5.69 Å². The number of hydrogen-bond donors (Lipinski definition) is 2. The predicted octanol–water partition coefficient (Wildman–Crippen LogP) is 3.68. The molecule has 0 aliphatic carbocycles. The number of carbonyl (C=O) groups is 2. The second-order valence-electron chi connectivity index (χ2n) is 8.82. The lowest BCUT2D eigenvalue weighted by atomic mass is 10.0. The Morgan fingerprint density at radius 2 is 1.80 bits per heavy atom. The fourth-order valence-corrected chi connectivity index (χ4v) is 5.75. The topological polar surface area (TPSA) is 109 Å². The average molecular weight is 496 g/mol. The van der Waals surface area contributed by atoms with E-state index in [-0.39, 0.29) is 17.1 Å². The molecular weight excluding hydrogens is 466 g/mol. The van der Waals surface area contributed by atoms with Crippen molar-refractivity contribution in [3.05, 3.63) is 84.3 Å². The molecule has 1 aliphatic heterocycles. The van der Waals surface area contributed by atoms with Crippen molar-refractivity contribution in [3.8, 4) is 0 Å². The number of amides is 2. The first-order valence-corrected chi connectivity index (χ1v) is 13.1. The van der Waals surface area contributed by atoms with Gasteiger partial charge in [0.2, 0.25) is 15.9 Å². The maximum Gasteiger partial charge on any atom is 0.287 e. The molecule has 1 aliphatic rings. The number of anilines is 1. The Balaban J connectivity index is 1.47. The monoisotopic (exact) mass is 495 g/mol. The number of benzene rings is 2. The van der Waals surface area contributed by atoms with Crippen LogP contribution in [0.2, 0.25) is 0 Å². The van der Waals surface area contributed by atoms with Crippen molar-refractivity contribution >= 4 is 27.5 Å². The summed E-state index contributed by atoms with van der Waals surface area (Å²) in [6.07, 6.45) is 3.54. The standard InChI is InChI=1S/C26H29N3O5S/c1-19-7-5-15-29(18-19)35(32,33)22-13-11-21(12-14-22)27-25(30)23(17-20-8-3-2-4-9-20)28-26(31)24-10-6-16-34-24/h2-4,6,8-14,16,19,23H,5,7,15,17-18H2,1H3,(H,27,30)(H,28,31)/t19-,23+/m0/s1. The fourth-order valence-electron chi connectivity index (χ4n) is 4.15. The van der Waals surface area contributed by atoms with Crippen LogP contribution in [0.5, 0.6) is 0 Å². The Bertz CT molecular complexity index is 1240. The highest BCUT2D eigenvalue weighted by Crippen LogP contribution is 2.24. The molecule has 0 unspecified atom stereocenters. The molecule has 35 heavy (non-hydrogen) atoms. The number of nitrogens with zero attached hydrogens (tertiary/aromatic N) is 1. The summed E-state index contributed by atoms with van der Waals surface area (Å²) in [7, 11) is -3.59. The lowest BCUT2D eigenvalue weighted by Gasteiger charge is -2.30. The molecule has 0 radical (unpaired) electrons. The summed E-state index contributed by atoms with van der Waals surface area (Å²) in [4.78, 5) is 25.8. The van der Waals surface area contributed by atoms with Crippen molar-refractivity contribution in [3.63, 3.8) is 0 Å². The van der Waals surface area contributed by atoms with Gasteiger partial charge in [0.1, 0.15) is 6.04 Å². The molecule has 2 heterocycles. The first kappa shape index (κ1) is 24.7. The molecule has 8 nitrogen and oxygen atoms in total. The quantitative estimate of drug-likeness (QED) is 0.496. The summed E-state index contributed by atoms with van der Waals surface area (Å²) in [6.45, 7) is 3.08. The number of rotatable bonds is 8. The van der Waals surface area contributed by atoms with Crippen molar-refractivity contribution in [2.75, 3.05) is 18.4 Å². The summed E-state index contributed by atoms with van der Waals surface area (Å²) in [5.41, 5.74) is 1.32. The summed E-state index contributed by atoms with van der Waals surface area (Å²) in [6, 6.07) is 17.7. The van der Waals surface area contributed by atoms with Crippen LogP contribution in [0.1, 0.15) is 35.9 Å². The van der Waals surface area contributed by atoms with Crippen LogP contribution in [-0.4, -0.2) is 43.7 Å². The lowest BCUT2D eigenvalue weighted by Crippen LogP contribution is -2.45. The number of carbonyl (C=O) groups excluding carboxylic acids is 2. The highest BCUT2D eigenvalue weighted by molar-refractivity contribution is 7.89. The zero-order valence-corrected chi connectivity index (χ0v) is 20.3. The molecule has 9 heteroatoms. The van der Waals surface area contributed by atoms with Crippen LogP contribution in [0.3, 0.4) is 0 Å². The van der Waals surface area contributed by atoms with Gasteiger partial charge < -0.3 is 15.1 Å². The Labute approximate surface area is 205 Å². The third-order valence-corrected chi connectivity index (χ3v) is 7.91. The maximum absolute atomic E-state index is 13.1. The van der Waals surface area contributed by atoms with E-state index < -0.39 is 27.9 Å². The molecule has 4 rings (SSSR count). The van der Waals surface area contributed by atoms with Crippen molar-refractivity contribution in [1.82, 2.24) is 9.62 Å². The van der Waals surface area contributed by atoms with Crippen LogP contribution in [0.15, 0.2) is 82.3 Å². The second-order valence-corrected chi connectivity index (χ2v) is 10.8. The van der Waals surface area contributed by atoms with Crippen LogP contribution in [0.25, 0.3) is 0 Å². The lowest BCUT2D eigenvalue weighted by molar-refractivity contribution is -0.118. The van der Waals surface area contributed by atoms with E-state index in [0.717, 1.165) is 18.4 Å². The summed E-state index contributed by atoms with van der Waals surface area (Å²) >= 11 is 0. The van der Waals surface area contributed by atoms with Crippen molar-refractivity contribution < 1.29 is 22.4 Å². The van der Waals surface area contributed by atoms with Gasteiger partial charge in [-0.15, -0.1) is 0 Å². The molecule has 2 amide bonds. The fraction of sp³-hybridized carbons (Fsp3) is 0.308. The number of hydrogen-bond acceptors (Lipinski definition) is 5. The van der Waals surface area contributed by atoms with Gasteiger partial charge in [-0.05, 0) is 60.7 Å². The van der Waals surface area contributed by atoms with Gasteiger partial charge in [-0.2, -0.15) is 4.31 Å². The number of piperidine rings is 1. The zero-order chi connectivity index (χ0) is 24.8. The Hall–Kier alpha value is -3.43. The molecule has 2 aromatic carbocycles. The highest BCUT2D eigenvalue weighted by Gasteiger charge is 2.29. The van der Waals surface area contributed by atoms with Gasteiger partial charge in [0.15, 0.2) is 5.76 Å². The van der Waals surface area contributed by atoms with Crippen LogP contribution in [-0.2, 0) is 21.2 Å². The third kappa shape index (κ3) is 6.17. The molecule has 2 atom stereocenters. The minimum absolute atomic E-state index is 0.109. The van der Waals surface area contributed by atoms with Crippen molar-refractivity contribution in [1.29, 1.82) is 0 Å². The van der Waals surface area contributed by atoms with E-state index in [1.165, 1.54) is 28.8 Å². The van der Waals surface area contributed by atoms with Crippen LogP contribution >= 0.6 is 0 Å². The van der Waals surface area contributed by atoms with E-state index in [0.29, 0.717) is 24.7 Å². The number of nitrogens with one attached hydrogen (secondary N) is 2. The largest absolute Gasteiger partial charge is 0.459 e. The van der Waals surface area contributed by atoms with Gasteiger partial charge in [-0.3, -0.25) is 9.59 Å². The first-order valence-electron chi connectivity index (χ1n) is 11.6. The van der Waals surface area contributed by atoms with Crippen molar-refractivity contribution in [2.24, 2.45) is 5.92 Å². The van der Waals surface area contributed by atoms with Gasteiger partial charge in [0.05, 0.1) is 11.2 Å². The average Bonchev–Trinajstić information content (AvgIpc) is 3.40. The minimum atomic E-state index is -3.59. The highest BCUT2D eigenvalue weighted by atomic mass is 32.2. The molecule has 0 saturated carbocycles. The molecule has 0 spiro atoms. The normalized spacial score (nSPS) is 17.5. The van der Waals surface area contributed by atoms with E-state index in [1.807, 2.05) is 30.3 Å². The summed E-state index contributed by atoms with van der Waals surface area (Å²) in [5, 5.41) is 5.51. The van der Waals surface area contributed by atoms with Gasteiger partial charge in [-0.1, -0.05) is 37.3 Å². The minimum Gasteiger partial charge on any atom is -0.459 e. The van der Waals surface area contributed by atoms with Crippen LogP contribution < -0.4 is 10.6 Å². The van der Waals surface area contributed by atoms with Gasteiger partial charge in [0.25, 0.3) is 5.91 Å². The molecular formula is C26H29N3O5S. The molecule has 3 aromatic rings. The molecule has 0 bridgehead atoms. The van der Waals surface area contributed by atoms with Crippen molar-refractivity contribution in [2.45, 2.75) is 37.1 Å². The van der Waals surface area contributed by atoms with E-state index in [4.69, 9.17) is 4.42 Å². The van der Waals surface area contributed by atoms with Gasteiger partial charge in [0, 0.05) is 25.2 Å². The molecule has 1 aromatic heterocycles. The smallest absolute Gasteiger partial charge is 0.287 e. The van der Waals surface area contributed by atoms with Gasteiger partial charge in [-0.25, -0.2) is 8.42 Å². The molecule has 1 fully saturated rings. The van der Waals surface area contributed by atoms with Crippen LogP contribution in [0, 0.1) is 5.92 Å². The molecule has 1 saturated heterocycles. The van der Waals surface area contributed by atoms with Gasteiger partial charge >= 0.3 is 0 Å². The van der Waals surface area contributed by atoms with E-state index in [2.05, 4.69) is 17.6 Å². The van der Waals surface area contributed by atoms with E-state index in [9.17, 15) is 18.0 Å². The SMILES string of the molecule is C[C@H]1CCCN(S(=O)(=O)c2ccc(NC(=O)[C@@H](Cc3ccccc3)NC(=O)c3ccco3)cc2)C1. The third-order valence-electron chi connectivity index (χ3n) is 6.03. The first-order chi connectivity index (χ1) is 16.8. The number of sulfonamides is 1. The van der Waals surface area contributed by atoms with E-state index in [1.54, 1.807) is 18.2 Å². The Morgan fingerprint density at radius 3 is 2.46 bits per heavy atom. The Morgan fingerprint density at radius 1 is 1.06 bits per heavy atom. The molecule has 184 valence electrons. The zero-order valence-electron chi connectivity index (χ0n) is 19.5. The predicted molar refractivity (Wildman–Crippen MR) is 132 cm³/mol. The number of furan rings is 1. The molecule has 2 N–H and O–H groups in total.